The first kappa shape index (κ1) is 15.9. The van der Waals surface area contributed by atoms with Crippen LogP contribution < -0.4 is 5.32 Å². The fraction of sp³-hybridized carbons (Fsp3) is 0.200. The summed E-state index contributed by atoms with van der Waals surface area (Å²) in [7, 11) is 0. The summed E-state index contributed by atoms with van der Waals surface area (Å²) in [6, 6.07) is 7.32. The number of aromatic nitrogens is 1. The standard InChI is InChI=1S/C15H12F4N2O/c16-12-9-20-8-6-11(12)14(22)21-13-4-2-1-3-10(13)5-7-15(17,18)19/h1-4,6,8-9H,5,7H2,(H,21,22). The number of amides is 1. The molecule has 0 aliphatic rings. The van der Waals surface area contributed by atoms with Crippen LogP contribution in [0.25, 0.3) is 0 Å². The van der Waals surface area contributed by atoms with Gasteiger partial charge in [0.15, 0.2) is 5.82 Å². The molecule has 1 N–H and O–H groups in total. The topological polar surface area (TPSA) is 42.0 Å². The molecule has 0 aliphatic carbocycles. The predicted octanol–water partition coefficient (Wildman–Crippen LogP) is 3.97. The second-order valence-corrected chi connectivity index (χ2v) is 4.58. The van der Waals surface area contributed by atoms with Crippen LogP contribution in [0.1, 0.15) is 22.3 Å². The summed E-state index contributed by atoms with van der Waals surface area (Å²) in [5.41, 5.74) is 0.344. The number of para-hydroxylation sites is 1. The maximum Gasteiger partial charge on any atom is 0.389 e. The third kappa shape index (κ3) is 4.28. The third-order valence-electron chi connectivity index (χ3n) is 2.96. The van der Waals surface area contributed by atoms with Gasteiger partial charge in [0, 0.05) is 18.3 Å². The van der Waals surface area contributed by atoms with Crippen molar-refractivity contribution in [2.24, 2.45) is 0 Å². The van der Waals surface area contributed by atoms with Crippen molar-refractivity contribution >= 4 is 11.6 Å². The van der Waals surface area contributed by atoms with Crippen LogP contribution in [0, 0.1) is 5.82 Å². The molecule has 1 heterocycles. The highest BCUT2D eigenvalue weighted by molar-refractivity contribution is 6.04. The van der Waals surface area contributed by atoms with E-state index in [0.29, 0.717) is 5.56 Å². The maximum absolute atomic E-state index is 13.5. The Hall–Kier alpha value is -2.44. The molecule has 2 aromatic rings. The Morgan fingerprint density at radius 3 is 2.59 bits per heavy atom. The minimum absolute atomic E-state index is 0.222. The first-order valence-electron chi connectivity index (χ1n) is 6.42. The average molecular weight is 312 g/mol. The van der Waals surface area contributed by atoms with Gasteiger partial charge in [-0.2, -0.15) is 13.2 Å². The zero-order chi connectivity index (χ0) is 16.2. The van der Waals surface area contributed by atoms with E-state index in [2.05, 4.69) is 10.3 Å². The number of nitrogens with one attached hydrogen (secondary N) is 1. The molecule has 0 aliphatic heterocycles. The second-order valence-electron chi connectivity index (χ2n) is 4.58. The first-order chi connectivity index (χ1) is 10.4. The highest BCUT2D eigenvalue weighted by atomic mass is 19.4. The SMILES string of the molecule is O=C(Nc1ccccc1CCC(F)(F)F)c1ccncc1F. The number of pyridine rings is 1. The largest absolute Gasteiger partial charge is 0.389 e. The Kier molecular flexibility index (Phi) is 4.75. The molecule has 0 saturated carbocycles. The van der Waals surface area contributed by atoms with Gasteiger partial charge in [-0.3, -0.25) is 9.78 Å². The second kappa shape index (κ2) is 6.55. The number of benzene rings is 1. The van der Waals surface area contributed by atoms with E-state index in [1.54, 1.807) is 12.1 Å². The van der Waals surface area contributed by atoms with Gasteiger partial charge in [0.1, 0.15) is 0 Å². The summed E-state index contributed by atoms with van der Waals surface area (Å²) in [4.78, 5) is 15.5. The van der Waals surface area contributed by atoms with Gasteiger partial charge in [0.2, 0.25) is 0 Å². The molecule has 1 aromatic heterocycles. The van der Waals surface area contributed by atoms with Crippen LogP contribution in [0.3, 0.4) is 0 Å². The number of hydrogen-bond acceptors (Lipinski definition) is 2. The summed E-state index contributed by atoms with van der Waals surface area (Å²) in [6.07, 6.45) is -3.39. The number of halogens is 4. The number of alkyl halides is 3. The van der Waals surface area contributed by atoms with E-state index in [0.717, 1.165) is 6.20 Å². The van der Waals surface area contributed by atoms with Crippen LogP contribution in [0.4, 0.5) is 23.2 Å². The number of rotatable bonds is 4. The molecule has 0 saturated heterocycles. The van der Waals surface area contributed by atoms with Crippen LogP contribution >= 0.6 is 0 Å². The summed E-state index contributed by atoms with van der Waals surface area (Å²) in [5.74, 6) is -1.54. The highest BCUT2D eigenvalue weighted by Crippen LogP contribution is 2.25. The zero-order valence-corrected chi connectivity index (χ0v) is 11.3. The highest BCUT2D eigenvalue weighted by Gasteiger charge is 2.27. The normalized spacial score (nSPS) is 11.3. The summed E-state index contributed by atoms with van der Waals surface area (Å²) in [5, 5.41) is 2.43. The molecular formula is C15H12F4N2O. The van der Waals surface area contributed by atoms with Gasteiger partial charge in [-0.05, 0) is 24.1 Å². The number of nitrogens with zero attached hydrogens (tertiary/aromatic N) is 1. The lowest BCUT2D eigenvalue weighted by Crippen LogP contribution is -2.16. The fourth-order valence-electron chi connectivity index (χ4n) is 1.89. The number of carbonyl (C=O) groups excluding carboxylic acids is 1. The Labute approximate surface area is 124 Å². The first-order valence-corrected chi connectivity index (χ1v) is 6.42. The van der Waals surface area contributed by atoms with E-state index < -0.39 is 24.3 Å². The van der Waals surface area contributed by atoms with E-state index in [9.17, 15) is 22.4 Å². The van der Waals surface area contributed by atoms with Gasteiger partial charge in [-0.1, -0.05) is 18.2 Å². The van der Waals surface area contributed by atoms with Crippen molar-refractivity contribution in [3.05, 3.63) is 59.7 Å². The third-order valence-corrected chi connectivity index (χ3v) is 2.96. The molecule has 0 bridgehead atoms. The molecule has 7 heteroatoms. The van der Waals surface area contributed by atoms with Crippen LogP contribution in [0.5, 0.6) is 0 Å². The van der Waals surface area contributed by atoms with Gasteiger partial charge in [0.25, 0.3) is 5.91 Å². The Balaban J connectivity index is 2.16. The van der Waals surface area contributed by atoms with Crippen molar-refractivity contribution in [1.29, 1.82) is 0 Å². The van der Waals surface area contributed by atoms with Gasteiger partial charge >= 0.3 is 6.18 Å². The summed E-state index contributed by atoms with van der Waals surface area (Å²) < 4.78 is 50.4. The molecule has 0 radical (unpaired) electrons. The minimum Gasteiger partial charge on any atom is -0.322 e. The molecule has 3 nitrogen and oxygen atoms in total. The number of anilines is 1. The molecule has 0 fully saturated rings. The molecule has 2 rings (SSSR count). The van der Waals surface area contributed by atoms with Crippen LogP contribution in [-0.2, 0) is 6.42 Å². The zero-order valence-electron chi connectivity index (χ0n) is 11.3. The molecule has 0 atom stereocenters. The van der Waals surface area contributed by atoms with Crippen molar-refractivity contribution in [2.45, 2.75) is 19.0 Å². The average Bonchev–Trinajstić information content (AvgIpc) is 2.46. The van der Waals surface area contributed by atoms with Gasteiger partial charge in [-0.25, -0.2) is 4.39 Å². The Morgan fingerprint density at radius 1 is 1.18 bits per heavy atom. The van der Waals surface area contributed by atoms with Crippen molar-refractivity contribution in [2.75, 3.05) is 5.32 Å². The molecule has 0 unspecified atom stereocenters. The fourth-order valence-corrected chi connectivity index (χ4v) is 1.89. The van der Waals surface area contributed by atoms with E-state index in [4.69, 9.17) is 0 Å². The quantitative estimate of drug-likeness (QED) is 0.868. The lowest BCUT2D eigenvalue weighted by Gasteiger charge is -2.12. The number of carbonyl (C=O) groups is 1. The lowest BCUT2D eigenvalue weighted by atomic mass is 10.1. The molecule has 116 valence electrons. The van der Waals surface area contributed by atoms with Crippen molar-refractivity contribution in [3.8, 4) is 0 Å². The molecular weight excluding hydrogens is 300 g/mol. The Morgan fingerprint density at radius 2 is 1.91 bits per heavy atom. The van der Waals surface area contributed by atoms with Crippen molar-refractivity contribution in [1.82, 2.24) is 4.98 Å². The minimum atomic E-state index is -4.28. The molecule has 1 aromatic carbocycles. The van der Waals surface area contributed by atoms with Crippen LogP contribution in [0.2, 0.25) is 0 Å². The monoisotopic (exact) mass is 312 g/mol. The lowest BCUT2D eigenvalue weighted by molar-refractivity contribution is -0.133. The summed E-state index contributed by atoms with van der Waals surface area (Å²) >= 11 is 0. The van der Waals surface area contributed by atoms with E-state index in [1.165, 1.54) is 24.4 Å². The van der Waals surface area contributed by atoms with Gasteiger partial charge in [0.05, 0.1) is 11.8 Å². The van der Waals surface area contributed by atoms with Crippen molar-refractivity contribution < 1.29 is 22.4 Å². The van der Waals surface area contributed by atoms with Gasteiger partial charge < -0.3 is 5.32 Å². The number of aryl methyl sites for hydroxylation is 1. The van der Waals surface area contributed by atoms with Crippen molar-refractivity contribution in [3.63, 3.8) is 0 Å². The molecule has 0 spiro atoms. The van der Waals surface area contributed by atoms with Crippen LogP contribution in [-0.4, -0.2) is 17.1 Å². The van der Waals surface area contributed by atoms with E-state index in [1.807, 2.05) is 0 Å². The molecule has 1 amide bonds. The maximum atomic E-state index is 13.5. The van der Waals surface area contributed by atoms with E-state index in [-0.39, 0.29) is 17.7 Å². The predicted molar refractivity (Wildman–Crippen MR) is 73.0 cm³/mol. The Bertz CT molecular complexity index is 671. The molecule has 22 heavy (non-hydrogen) atoms. The number of hydrogen-bond donors (Lipinski definition) is 1. The smallest absolute Gasteiger partial charge is 0.322 e. The van der Waals surface area contributed by atoms with Gasteiger partial charge in [-0.15, -0.1) is 0 Å². The summed E-state index contributed by atoms with van der Waals surface area (Å²) in [6.45, 7) is 0. The van der Waals surface area contributed by atoms with E-state index >= 15 is 0 Å². The van der Waals surface area contributed by atoms with Crippen LogP contribution in [0.15, 0.2) is 42.7 Å².